The zero-order chi connectivity index (χ0) is 20.7. The van der Waals surface area contributed by atoms with Crippen LogP contribution in [0, 0.1) is 6.92 Å². The van der Waals surface area contributed by atoms with Crippen molar-refractivity contribution in [2.75, 3.05) is 19.8 Å². The Morgan fingerprint density at radius 1 is 1.27 bits per heavy atom. The summed E-state index contributed by atoms with van der Waals surface area (Å²) in [6.07, 6.45) is 2.72. The average molecular weight is 446 g/mol. The first kappa shape index (κ1) is 20.0. The van der Waals surface area contributed by atoms with E-state index in [2.05, 4.69) is 5.10 Å². The molecule has 1 aromatic carbocycles. The second kappa shape index (κ2) is 8.30. The number of likely N-dealkylation sites (tertiary alicyclic amines) is 1. The number of aryl methyl sites for hydroxylation is 1. The Kier molecular flexibility index (Phi) is 5.54. The molecule has 1 atom stereocenters. The molecule has 6 nitrogen and oxygen atoms in total. The van der Waals surface area contributed by atoms with Gasteiger partial charge in [-0.3, -0.25) is 9.48 Å². The molecule has 0 saturated carbocycles. The lowest BCUT2D eigenvalue weighted by Crippen LogP contribution is -2.50. The number of nitrogens with zero attached hydrogens (tertiary/aromatic N) is 3. The third-order valence-electron chi connectivity index (χ3n) is 5.87. The lowest BCUT2D eigenvalue weighted by atomic mass is 10.0. The van der Waals surface area contributed by atoms with Crippen molar-refractivity contribution >= 4 is 39.1 Å². The van der Waals surface area contributed by atoms with Crippen LogP contribution in [0.25, 0.3) is 10.2 Å². The van der Waals surface area contributed by atoms with Gasteiger partial charge in [0, 0.05) is 17.0 Å². The summed E-state index contributed by atoms with van der Waals surface area (Å²) in [7, 11) is 0. The number of benzene rings is 1. The van der Waals surface area contributed by atoms with Crippen molar-refractivity contribution in [1.29, 1.82) is 0 Å². The first-order chi connectivity index (χ1) is 14.6. The third kappa shape index (κ3) is 3.64. The van der Waals surface area contributed by atoms with Gasteiger partial charge in [0.2, 0.25) is 0 Å². The molecule has 2 aliphatic rings. The SMILES string of the molecule is Cc1nn(Cc2ccccc2Cl)c2sc(C(=O)N3CCCCC3C3OCCO3)cc12. The van der Waals surface area contributed by atoms with E-state index in [0.29, 0.717) is 19.8 Å². The van der Waals surface area contributed by atoms with Crippen LogP contribution in [0.3, 0.4) is 0 Å². The van der Waals surface area contributed by atoms with E-state index in [4.69, 9.17) is 21.1 Å². The van der Waals surface area contributed by atoms with Crippen molar-refractivity contribution in [3.8, 4) is 0 Å². The molecule has 2 aliphatic heterocycles. The highest BCUT2D eigenvalue weighted by Gasteiger charge is 2.37. The van der Waals surface area contributed by atoms with Crippen LogP contribution < -0.4 is 0 Å². The summed E-state index contributed by atoms with van der Waals surface area (Å²) in [5, 5.41) is 6.43. The molecule has 2 aromatic heterocycles. The molecule has 2 fully saturated rings. The smallest absolute Gasteiger partial charge is 0.264 e. The molecule has 5 rings (SSSR count). The summed E-state index contributed by atoms with van der Waals surface area (Å²) in [5.74, 6) is 0.0590. The first-order valence-electron chi connectivity index (χ1n) is 10.4. The fourth-order valence-corrected chi connectivity index (χ4v) is 5.66. The highest BCUT2D eigenvalue weighted by Crippen LogP contribution is 2.33. The standard InChI is InChI=1S/C22H24ClN3O3S/c1-14-16-12-19(20(27)25-9-5-4-8-18(25)22-28-10-11-29-22)30-21(16)26(24-14)13-15-6-2-3-7-17(15)23/h2-3,6-7,12,18,22H,4-5,8-11,13H2,1H3. The number of amides is 1. The third-order valence-corrected chi connectivity index (χ3v) is 7.37. The summed E-state index contributed by atoms with van der Waals surface area (Å²) in [5.41, 5.74) is 1.93. The van der Waals surface area contributed by atoms with Crippen LogP contribution in [0.4, 0.5) is 0 Å². The molecule has 0 bridgehead atoms. The molecule has 30 heavy (non-hydrogen) atoms. The van der Waals surface area contributed by atoms with E-state index in [0.717, 1.165) is 57.2 Å². The molecule has 158 valence electrons. The van der Waals surface area contributed by atoms with E-state index >= 15 is 0 Å². The molecular weight excluding hydrogens is 422 g/mol. The second-order valence-electron chi connectivity index (χ2n) is 7.84. The number of hydrogen-bond acceptors (Lipinski definition) is 5. The number of aromatic nitrogens is 2. The van der Waals surface area contributed by atoms with Crippen LogP contribution in [-0.4, -0.2) is 52.7 Å². The van der Waals surface area contributed by atoms with Crippen molar-refractivity contribution in [2.24, 2.45) is 0 Å². The maximum Gasteiger partial charge on any atom is 0.264 e. The molecule has 0 spiro atoms. The van der Waals surface area contributed by atoms with Gasteiger partial charge in [0.15, 0.2) is 6.29 Å². The Morgan fingerprint density at radius 3 is 2.87 bits per heavy atom. The van der Waals surface area contributed by atoms with Gasteiger partial charge in [-0.25, -0.2) is 0 Å². The van der Waals surface area contributed by atoms with E-state index in [-0.39, 0.29) is 18.2 Å². The number of ether oxygens (including phenoxy) is 2. The van der Waals surface area contributed by atoms with Crippen molar-refractivity contribution in [1.82, 2.24) is 14.7 Å². The highest BCUT2D eigenvalue weighted by atomic mass is 35.5. The predicted octanol–water partition coefficient (Wildman–Crippen LogP) is 4.48. The molecule has 4 heterocycles. The van der Waals surface area contributed by atoms with E-state index in [1.165, 1.54) is 11.3 Å². The van der Waals surface area contributed by atoms with Gasteiger partial charge in [-0.1, -0.05) is 29.8 Å². The Balaban J connectivity index is 1.44. The number of hydrogen-bond donors (Lipinski definition) is 0. The molecule has 0 aliphatic carbocycles. The quantitative estimate of drug-likeness (QED) is 0.594. The van der Waals surface area contributed by atoms with E-state index in [9.17, 15) is 4.79 Å². The Hall–Kier alpha value is -1.93. The number of piperidine rings is 1. The number of carbonyl (C=O) groups excluding carboxylic acids is 1. The summed E-state index contributed by atoms with van der Waals surface area (Å²) in [4.78, 5) is 17.1. The zero-order valence-corrected chi connectivity index (χ0v) is 18.4. The van der Waals surface area contributed by atoms with Gasteiger partial charge in [0.1, 0.15) is 4.83 Å². The topological polar surface area (TPSA) is 56.6 Å². The Morgan fingerprint density at radius 2 is 2.07 bits per heavy atom. The molecule has 3 aromatic rings. The highest BCUT2D eigenvalue weighted by molar-refractivity contribution is 7.20. The van der Waals surface area contributed by atoms with Gasteiger partial charge in [-0.05, 0) is 43.9 Å². The minimum atomic E-state index is -0.305. The summed E-state index contributed by atoms with van der Waals surface area (Å²) in [6, 6.07) is 9.75. The molecule has 0 N–H and O–H groups in total. The first-order valence-corrected chi connectivity index (χ1v) is 11.6. The van der Waals surface area contributed by atoms with Crippen molar-refractivity contribution < 1.29 is 14.3 Å². The average Bonchev–Trinajstić information content (AvgIpc) is 3.49. The maximum atomic E-state index is 13.4. The number of thiophene rings is 1. The van der Waals surface area contributed by atoms with Crippen LogP contribution in [-0.2, 0) is 16.0 Å². The minimum Gasteiger partial charge on any atom is -0.348 e. The molecule has 8 heteroatoms. The van der Waals surface area contributed by atoms with Crippen LogP contribution in [0.15, 0.2) is 30.3 Å². The van der Waals surface area contributed by atoms with Crippen molar-refractivity contribution in [3.05, 3.63) is 51.5 Å². The lowest BCUT2D eigenvalue weighted by molar-refractivity contribution is -0.100. The number of fused-ring (bicyclic) bond motifs is 1. The fourth-order valence-electron chi connectivity index (χ4n) is 4.35. The minimum absolute atomic E-state index is 0.0142. The molecule has 1 amide bonds. The number of carbonyl (C=O) groups is 1. The number of halogens is 1. The van der Waals surface area contributed by atoms with Gasteiger partial charge in [0.05, 0.1) is 36.4 Å². The Bertz CT molecular complexity index is 1070. The van der Waals surface area contributed by atoms with Gasteiger partial charge >= 0.3 is 0 Å². The number of rotatable bonds is 4. The normalized spacial score (nSPS) is 20.3. The molecule has 1 unspecified atom stereocenters. The van der Waals surface area contributed by atoms with Crippen LogP contribution in [0.1, 0.15) is 40.2 Å². The predicted molar refractivity (Wildman–Crippen MR) is 117 cm³/mol. The summed E-state index contributed by atoms with van der Waals surface area (Å²) >= 11 is 7.85. The zero-order valence-electron chi connectivity index (χ0n) is 16.8. The Labute approximate surface area is 184 Å². The summed E-state index contributed by atoms with van der Waals surface area (Å²) < 4.78 is 13.4. The monoisotopic (exact) mass is 445 g/mol. The van der Waals surface area contributed by atoms with Crippen LogP contribution >= 0.6 is 22.9 Å². The largest absolute Gasteiger partial charge is 0.348 e. The lowest BCUT2D eigenvalue weighted by Gasteiger charge is -2.37. The van der Waals surface area contributed by atoms with Crippen molar-refractivity contribution in [2.45, 2.75) is 45.1 Å². The molecule has 0 radical (unpaired) electrons. The molecular formula is C22H24ClN3O3S. The van der Waals surface area contributed by atoms with Gasteiger partial charge in [-0.15, -0.1) is 11.3 Å². The van der Waals surface area contributed by atoms with Gasteiger partial charge in [-0.2, -0.15) is 5.10 Å². The summed E-state index contributed by atoms with van der Waals surface area (Å²) in [6.45, 7) is 4.50. The van der Waals surface area contributed by atoms with Gasteiger partial charge < -0.3 is 14.4 Å². The van der Waals surface area contributed by atoms with E-state index < -0.39 is 0 Å². The second-order valence-corrected chi connectivity index (χ2v) is 9.27. The van der Waals surface area contributed by atoms with Crippen molar-refractivity contribution in [3.63, 3.8) is 0 Å². The fraction of sp³-hybridized carbons (Fsp3) is 0.455. The maximum absolute atomic E-state index is 13.4. The van der Waals surface area contributed by atoms with Crippen LogP contribution in [0.5, 0.6) is 0 Å². The van der Waals surface area contributed by atoms with E-state index in [1.807, 2.05) is 46.8 Å². The van der Waals surface area contributed by atoms with Gasteiger partial charge in [0.25, 0.3) is 5.91 Å². The van der Waals surface area contributed by atoms with Crippen LogP contribution in [0.2, 0.25) is 5.02 Å². The van der Waals surface area contributed by atoms with E-state index in [1.54, 1.807) is 0 Å². The molecule has 2 saturated heterocycles.